The Kier molecular flexibility index (Phi) is 6.12. The van der Waals surface area contributed by atoms with Gasteiger partial charge in [-0.1, -0.05) is 30.3 Å². The third kappa shape index (κ3) is 3.99. The Labute approximate surface area is 154 Å². The smallest absolute Gasteiger partial charge is 0.258 e. The molecule has 138 valence electrons. The van der Waals surface area contributed by atoms with Crippen molar-refractivity contribution >= 4 is 5.91 Å². The van der Waals surface area contributed by atoms with Crippen LogP contribution in [-0.2, 0) is 0 Å². The van der Waals surface area contributed by atoms with Crippen molar-refractivity contribution in [2.75, 3.05) is 26.8 Å². The molecule has 2 aromatic carbocycles. The quantitative estimate of drug-likeness (QED) is 0.774. The molecule has 1 atom stereocenters. The van der Waals surface area contributed by atoms with Gasteiger partial charge in [-0.15, -0.1) is 0 Å². The summed E-state index contributed by atoms with van der Waals surface area (Å²) in [6, 6.07) is 15.7. The number of nitrogens with two attached hydrogens (primary N) is 1. The number of hydrogen-bond donors (Lipinski definition) is 1. The number of carbonyl (C=O) groups excluding carboxylic acids is 1. The van der Waals surface area contributed by atoms with Crippen molar-refractivity contribution in [2.45, 2.75) is 25.3 Å². The molecule has 1 fully saturated rings. The SMILES string of the molecule is COc1ccc(OCCCN)c(C(=O)N2CCC[C@H]2c2ccccc2)c1. The molecule has 2 aromatic rings. The number of hydrogen-bond acceptors (Lipinski definition) is 4. The number of rotatable bonds is 7. The monoisotopic (exact) mass is 354 g/mol. The number of amides is 1. The standard InChI is InChI=1S/C21H26N2O3/c1-25-17-10-11-20(26-14-6-12-22)18(15-17)21(24)23-13-5-9-19(23)16-7-3-2-4-8-16/h2-4,7-8,10-11,15,19H,5-6,9,12-14,22H2,1H3/t19-/m0/s1. The van der Waals surface area contributed by atoms with Gasteiger partial charge in [-0.25, -0.2) is 0 Å². The fourth-order valence-corrected chi connectivity index (χ4v) is 3.38. The summed E-state index contributed by atoms with van der Waals surface area (Å²) in [5, 5.41) is 0. The molecule has 1 aliphatic rings. The van der Waals surface area contributed by atoms with Gasteiger partial charge in [-0.2, -0.15) is 0 Å². The van der Waals surface area contributed by atoms with Gasteiger partial charge in [0.1, 0.15) is 11.5 Å². The summed E-state index contributed by atoms with van der Waals surface area (Å²) in [6.07, 6.45) is 2.72. The molecule has 0 radical (unpaired) electrons. The summed E-state index contributed by atoms with van der Waals surface area (Å²) in [5.74, 6) is 1.22. The second-order valence-electron chi connectivity index (χ2n) is 6.42. The second-order valence-corrected chi connectivity index (χ2v) is 6.42. The van der Waals surface area contributed by atoms with Crippen molar-refractivity contribution in [3.8, 4) is 11.5 Å². The molecule has 0 aliphatic carbocycles. The molecule has 5 heteroatoms. The average Bonchev–Trinajstić information content (AvgIpc) is 3.18. The summed E-state index contributed by atoms with van der Waals surface area (Å²) in [7, 11) is 1.60. The van der Waals surface area contributed by atoms with Gasteiger partial charge in [0, 0.05) is 6.54 Å². The van der Waals surface area contributed by atoms with Crippen molar-refractivity contribution in [2.24, 2.45) is 5.73 Å². The highest BCUT2D eigenvalue weighted by Gasteiger charge is 2.32. The van der Waals surface area contributed by atoms with Crippen molar-refractivity contribution in [1.29, 1.82) is 0 Å². The summed E-state index contributed by atoms with van der Waals surface area (Å²) in [5.41, 5.74) is 7.26. The Bertz CT molecular complexity index is 733. The lowest BCUT2D eigenvalue weighted by atomic mass is 10.0. The molecule has 1 heterocycles. The van der Waals surface area contributed by atoms with E-state index in [9.17, 15) is 4.79 Å². The predicted molar refractivity (Wildman–Crippen MR) is 102 cm³/mol. The zero-order valence-corrected chi connectivity index (χ0v) is 15.2. The first-order valence-electron chi connectivity index (χ1n) is 9.11. The van der Waals surface area contributed by atoms with Gasteiger partial charge < -0.3 is 20.1 Å². The first-order valence-corrected chi connectivity index (χ1v) is 9.11. The second kappa shape index (κ2) is 8.72. The Morgan fingerprint density at radius 3 is 2.77 bits per heavy atom. The minimum Gasteiger partial charge on any atom is -0.497 e. The lowest BCUT2D eigenvalue weighted by Crippen LogP contribution is -2.31. The van der Waals surface area contributed by atoms with Gasteiger partial charge in [0.05, 0.1) is 25.3 Å². The third-order valence-corrected chi connectivity index (χ3v) is 4.72. The van der Waals surface area contributed by atoms with Gasteiger partial charge >= 0.3 is 0 Å². The molecular weight excluding hydrogens is 328 g/mol. The van der Waals surface area contributed by atoms with Crippen LogP contribution in [0.15, 0.2) is 48.5 Å². The first-order chi connectivity index (χ1) is 12.7. The van der Waals surface area contributed by atoms with Crippen LogP contribution in [0.3, 0.4) is 0 Å². The maximum absolute atomic E-state index is 13.3. The fourth-order valence-electron chi connectivity index (χ4n) is 3.38. The Balaban J connectivity index is 1.87. The van der Waals surface area contributed by atoms with E-state index in [1.165, 1.54) is 5.56 Å². The van der Waals surface area contributed by atoms with Crippen molar-refractivity contribution in [3.63, 3.8) is 0 Å². The molecule has 2 N–H and O–H groups in total. The van der Waals surface area contributed by atoms with E-state index in [0.29, 0.717) is 30.2 Å². The summed E-state index contributed by atoms with van der Waals surface area (Å²) in [6.45, 7) is 1.80. The van der Waals surface area contributed by atoms with Crippen LogP contribution in [0.1, 0.15) is 41.2 Å². The van der Waals surface area contributed by atoms with Crippen LogP contribution >= 0.6 is 0 Å². The van der Waals surface area contributed by atoms with E-state index in [0.717, 1.165) is 25.8 Å². The molecule has 0 spiro atoms. The van der Waals surface area contributed by atoms with Gasteiger partial charge in [0.15, 0.2) is 0 Å². The van der Waals surface area contributed by atoms with Gasteiger partial charge in [-0.05, 0) is 49.6 Å². The third-order valence-electron chi connectivity index (χ3n) is 4.72. The van der Waals surface area contributed by atoms with Gasteiger partial charge in [0.2, 0.25) is 0 Å². The normalized spacial score (nSPS) is 16.5. The first kappa shape index (κ1) is 18.3. The molecule has 0 bridgehead atoms. The van der Waals surface area contributed by atoms with Gasteiger partial charge in [0.25, 0.3) is 5.91 Å². The van der Waals surface area contributed by atoms with Crippen LogP contribution in [0.2, 0.25) is 0 Å². The van der Waals surface area contributed by atoms with E-state index in [2.05, 4.69) is 12.1 Å². The minimum atomic E-state index is -0.0157. The highest BCUT2D eigenvalue weighted by atomic mass is 16.5. The van der Waals surface area contributed by atoms with E-state index in [4.69, 9.17) is 15.2 Å². The number of benzene rings is 2. The molecule has 1 amide bonds. The van der Waals surface area contributed by atoms with Gasteiger partial charge in [-0.3, -0.25) is 4.79 Å². The van der Waals surface area contributed by atoms with Crippen molar-refractivity contribution in [1.82, 2.24) is 4.90 Å². The van der Waals surface area contributed by atoms with Crippen molar-refractivity contribution < 1.29 is 14.3 Å². The lowest BCUT2D eigenvalue weighted by molar-refractivity contribution is 0.0730. The molecule has 5 nitrogen and oxygen atoms in total. The lowest BCUT2D eigenvalue weighted by Gasteiger charge is -2.26. The zero-order valence-electron chi connectivity index (χ0n) is 15.2. The van der Waals surface area contributed by atoms with E-state index >= 15 is 0 Å². The zero-order chi connectivity index (χ0) is 18.4. The maximum atomic E-state index is 13.3. The number of ether oxygens (including phenoxy) is 2. The van der Waals surface area contributed by atoms with Crippen LogP contribution in [0.5, 0.6) is 11.5 Å². The maximum Gasteiger partial charge on any atom is 0.258 e. The topological polar surface area (TPSA) is 64.8 Å². The highest BCUT2D eigenvalue weighted by Crippen LogP contribution is 2.35. The highest BCUT2D eigenvalue weighted by molar-refractivity contribution is 5.97. The van der Waals surface area contributed by atoms with Crippen LogP contribution in [-0.4, -0.2) is 37.6 Å². The average molecular weight is 354 g/mol. The van der Waals surface area contributed by atoms with Crippen LogP contribution < -0.4 is 15.2 Å². The molecule has 1 aliphatic heterocycles. The molecular formula is C21H26N2O3. The molecule has 26 heavy (non-hydrogen) atoms. The Morgan fingerprint density at radius 2 is 2.04 bits per heavy atom. The van der Waals surface area contributed by atoms with Crippen LogP contribution in [0.25, 0.3) is 0 Å². The van der Waals surface area contributed by atoms with E-state index in [1.54, 1.807) is 19.2 Å². The molecule has 0 aromatic heterocycles. The van der Waals surface area contributed by atoms with Crippen molar-refractivity contribution in [3.05, 3.63) is 59.7 Å². The summed E-state index contributed by atoms with van der Waals surface area (Å²) >= 11 is 0. The molecule has 3 rings (SSSR count). The molecule has 0 unspecified atom stereocenters. The van der Waals surface area contributed by atoms with E-state index in [1.807, 2.05) is 29.2 Å². The minimum absolute atomic E-state index is 0.0157. The number of methoxy groups -OCH3 is 1. The number of carbonyl (C=O) groups is 1. The fraction of sp³-hybridized carbons (Fsp3) is 0.381. The van der Waals surface area contributed by atoms with E-state index < -0.39 is 0 Å². The molecule has 0 saturated carbocycles. The Hall–Kier alpha value is -2.53. The Morgan fingerprint density at radius 1 is 1.23 bits per heavy atom. The van der Waals surface area contributed by atoms with E-state index in [-0.39, 0.29) is 11.9 Å². The largest absolute Gasteiger partial charge is 0.497 e. The van der Waals surface area contributed by atoms with Crippen LogP contribution in [0, 0.1) is 0 Å². The summed E-state index contributed by atoms with van der Waals surface area (Å²) < 4.78 is 11.1. The number of nitrogens with zero attached hydrogens (tertiary/aromatic N) is 1. The summed E-state index contributed by atoms with van der Waals surface area (Å²) in [4.78, 5) is 15.3. The molecule has 1 saturated heterocycles. The number of likely N-dealkylation sites (tertiary alicyclic amines) is 1. The predicted octanol–water partition coefficient (Wildman–Crippen LogP) is 3.40. The van der Waals surface area contributed by atoms with Crippen LogP contribution in [0.4, 0.5) is 0 Å².